The molecule has 0 spiro atoms. The van der Waals surface area contributed by atoms with Gasteiger partial charge in [-0.05, 0) is 30.3 Å². The number of nitrogens with one attached hydrogen (secondary N) is 1. The molecule has 0 bridgehead atoms. The van der Waals surface area contributed by atoms with Gasteiger partial charge in [-0.25, -0.2) is 17.9 Å². The van der Waals surface area contributed by atoms with E-state index in [9.17, 15) is 27.6 Å². The quantitative estimate of drug-likeness (QED) is 0.760. The highest BCUT2D eigenvalue weighted by molar-refractivity contribution is 7.90. The second kappa shape index (κ2) is 5.23. The van der Waals surface area contributed by atoms with Crippen molar-refractivity contribution < 1.29 is 32.4 Å². The number of amides is 3. The number of rotatable bonds is 2. The standard InChI is InChI=1S/C16H8N2O7S/c19-13-11-7-8(5-6-12(11)26(23,24)17-13)16(22)25-18-14(20)9-3-1-2-4-10(9)15(18)21/h1-7H,(H,17,19). The molecule has 0 unspecified atom stereocenters. The number of hydrogen-bond donors (Lipinski definition) is 1. The molecule has 10 heteroatoms. The van der Waals surface area contributed by atoms with Crippen molar-refractivity contribution in [1.82, 2.24) is 9.79 Å². The van der Waals surface area contributed by atoms with Gasteiger partial charge >= 0.3 is 5.97 Å². The van der Waals surface area contributed by atoms with Crippen LogP contribution in [0.3, 0.4) is 0 Å². The van der Waals surface area contributed by atoms with Crippen LogP contribution in [-0.4, -0.2) is 37.2 Å². The maximum Gasteiger partial charge on any atom is 0.363 e. The van der Waals surface area contributed by atoms with Crippen LogP contribution < -0.4 is 4.72 Å². The Balaban J connectivity index is 1.63. The van der Waals surface area contributed by atoms with Crippen LogP contribution in [0.4, 0.5) is 0 Å². The van der Waals surface area contributed by atoms with E-state index in [1.165, 1.54) is 12.1 Å². The fraction of sp³-hybridized carbons (Fsp3) is 0. The van der Waals surface area contributed by atoms with E-state index in [2.05, 4.69) is 0 Å². The predicted octanol–water partition coefficient (Wildman–Crippen LogP) is 0.487. The third kappa shape index (κ3) is 2.19. The van der Waals surface area contributed by atoms with Gasteiger partial charge in [0.2, 0.25) is 0 Å². The van der Waals surface area contributed by atoms with Gasteiger partial charge in [0, 0.05) is 0 Å². The Kier molecular flexibility index (Phi) is 3.21. The lowest BCUT2D eigenvalue weighted by atomic mass is 10.1. The van der Waals surface area contributed by atoms with Gasteiger partial charge in [0.05, 0.1) is 22.3 Å². The number of carbonyl (C=O) groups excluding carboxylic acids is 4. The van der Waals surface area contributed by atoms with Gasteiger partial charge in [0.1, 0.15) is 4.90 Å². The zero-order valence-electron chi connectivity index (χ0n) is 12.8. The maximum absolute atomic E-state index is 12.3. The van der Waals surface area contributed by atoms with E-state index in [0.29, 0.717) is 5.06 Å². The molecule has 26 heavy (non-hydrogen) atoms. The SMILES string of the molecule is O=C(ON1C(=O)c2ccccc2C1=O)c1ccc2c(c1)C(=O)NS2(=O)=O. The lowest BCUT2D eigenvalue weighted by molar-refractivity contribution is -0.0584. The number of fused-ring (bicyclic) bond motifs is 2. The normalized spacial score (nSPS) is 16.9. The lowest BCUT2D eigenvalue weighted by Crippen LogP contribution is -2.32. The summed E-state index contributed by atoms with van der Waals surface area (Å²) in [4.78, 5) is 52.9. The number of carbonyl (C=O) groups is 4. The summed E-state index contributed by atoms with van der Waals surface area (Å²) in [6.07, 6.45) is 0. The average Bonchev–Trinajstić information content (AvgIpc) is 3.00. The number of hydroxylamine groups is 2. The van der Waals surface area contributed by atoms with Crippen molar-refractivity contribution in [2.24, 2.45) is 0 Å². The molecule has 2 heterocycles. The molecular weight excluding hydrogens is 364 g/mol. The molecule has 2 aromatic rings. The first-order valence-electron chi connectivity index (χ1n) is 7.21. The minimum Gasteiger partial charge on any atom is -0.324 e. The Bertz CT molecular complexity index is 1100. The van der Waals surface area contributed by atoms with Gasteiger partial charge < -0.3 is 4.84 Å². The zero-order chi connectivity index (χ0) is 18.6. The Morgan fingerprint density at radius 3 is 2.15 bits per heavy atom. The Hall–Kier alpha value is -3.53. The Labute approximate surface area is 146 Å². The largest absolute Gasteiger partial charge is 0.363 e. The molecule has 0 fully saturated rings. The van der Waals surface area contributed by atoms with Crippen LogP contribution in [0.2, 0.25) is 0 Å². The second-order valence-electron chi connectivity index (χ2n) is 5.47. The maximum atomic E-state index is 12.3. The van der Waals surface area contributed by atoms with E-state index in [0.717, 1.165) is 18.2 Å². The predicted molar refractivity (Wildman–Crippen MR) is 83.5 cm³/mol. The Morgan fingerprint density at radius 1 is 0.923 bits per heavy atom. The highest BCUT2D eigenvalue weighted by Gasteiger charge is 2.39. The van der Waals surface area contributed by atoms with E-state index in [-0.39, 0.29) is 27.1 Å². The molecule has 0 atom stereocenters. The summed E-state index contributed by atoms with van der Waals surface area (Å²) in [7, 11) is -3.94. The molecule has 130 valence electrons. The van der Waals surface area contributed by atoms with Crippen molar-refractivity contribution in [1.29, 1.82) is 0 Å². The monoisotopic (exact) mass is 372 g/mol. The fourth-order valence-corrected chi connectivity index (χ4v) is 3.84. The fourth-order valence-electron chi connectivity index (χ4n) is 2.69. The molecule has 1 N–H and O–H groups in total. The van der Waals surface area contributed by atoms with Gasteiger partial charge in [-0.3, -0.25) is 14.4 Å². The van der Waals surface area contributed by atoms with Crippen molar-refractivity contribution in [3.8, 4) is 0 Å². The molecule has 0 radical (unpaired) electrons. The molecule has 2 aliphatic heterocycles. The van der Waals surface area contributed by atoms with Crippen molar-refractivity contribution in [2.45, 2.75) is 4.90 Å². The average molecular weight is 372 g/mol. The summed E-state index contributed by atoms with van der Waals surface area (Å²) in [6.45, 7) is 0. The van der Waals surface area contributed by atoms with E-state index in [4.69, 9.17) is 4.84 Å². The van der Waals surface area contributed by atoms with Crippen LogP contribution in [0.25, 0.3) is 0 Å². The minimum absolute atomic E-state index is 0.102. The number of benzene rings is 2. The van der Waals surface area contributed by atoms with Crippen LogP contribution >= 0.6 is 0 Å². The molecule has 2 aromatic carbocycles. The summed E-state index contributed by atoms with van der Waals surface area (Å²) >= 11 is 0. The van der Waals surface area contributed by atoms with E-state index >= 15 is 0 Å². The zero-order valence-corrected chi connectivity index (χ0v) is 13.6. The van der Waals surface area contributed by atoms with Gasteiger partial charge in [0.25, 0.3) is 27.7 Å². The van der Waals surface area contributed by atoms with Crippen LogP contribution in [0.5, 0.6) is 0 Å². The molecule has 9 nitrogen and oxygen atoms in total. The summed E-state index contributed by atoms with van der Waals surface area (Å²) in [5.41, 5.74) is -0.205. The van der Waals surface area contributed by atoms with E-state index in [1.54, 1.807) is 16.9 Å². The second-order valence-corrected chi connectivity index (χ2v) is 7.13. The van der Waals surface area contributed by atoms with E-state index in [1.807, 2.05) is 0 Å². The van der Waals surface area contributed by atoms with Crippen molar-refractivity contribution in [2.75, 3.05) is 0 Å². The molecular formula is C16H8N2O7S. The van der Waals surface area contributed by atoms with Crippen LogP contribution in [0, 0.1) is 0 Å². The van der Waals surface area contributed by atoms with Crippen LogP contribution in [0.1, 0.15) is 41.4 Å². The molecule has 4 rings (SSSR count). The smallest absolute Gasteiger partial charge is 0.324 e. The van der Waals surface area contributed by atoms with Gasteiger partial charge in [-0.1, -0.05) is 17.2 Å². The van der Waals surface area contributed by atoms with Crippen molar-refractivity contribution in [3.63, 3.8) is 0 Å². The van der Waals surface area contributed by atoms with Crippen molar-refractivity contribution >= 4 is 33.7 Å². The first kappa shape index (κ1) is 16.0. The van der Waals surface area contributed by atoms with Crippen LogP contribution in [-0.2, 0) is 14.9 Å². The number of nitrogens with zero attached hydrogens (tertiary/aromatic N) is 1. The van der Waals surface area contributed by atoms with Gasteiger partial charge in [0.15, 0.2) is 0 Å². The summed E-state index contributed by atoms with van der Waals surface area (Å²) in [5, 5.41) is 0.330. The lowest BCUT2D eigenvalue weighted by Gasteiger charge is -2.12. The molecule has 3 amide bonds. The third-order valence-electron chi connectivity index (χ3n) is 3.91. The molecule has 0 saturated carbocycles. The van der Waals surface area contributed by atoms with Crippen molar-refractivity contribution in [3.05, 3.63) is 64.7 Å². The van der Waals surface area contributed by atoms with Gasteiger partial charge in [-0.15, -0.1) is 0 Å². The molecule has 2 aliphatic rings. The van der Waals surface area contributed by atoms with Crippen LogP contribution in [0.15, 0.2) is 47.4 Å². The van der Waals surface area contributed by atoms with Gasteiger partial charge in [-0.2, -0.15) is 0 Å². The summed E-state index contributed by atoms with van der Waals surface area (Å²) < 4.78 is 25.2. The number of imide groups is 1. The van der Waals surface area contributed by atoms with E-state index < -0.39 is 33.7 Å². The molecule has 0 saturated heterocycles. The number of hydrogen-bond acceptors (Lipinski definition) is 7. The molecule has 0 aliphatic carbocycles. The highest BCUT2D eigenvalue weighted by Crippen LogP contribution is 2.26. The Morgan fingerprint density at radius 2 is 1.54 bits per heavy atom. The first-order valence-corrected chi connectivity index (χ1v) is 8.69. The molecule has 0 aromatic heterocycles. The topological polar surface area (TPSA) is 127 Å². The number of sulfonamides is 1. The highest BCUT2D eigenvalue weighted by atomic mass is 32.2. The first-order chi connectivity index (χ1) is 12.3. The third-order valence-corrected chi connectivity index (χ3v) is 5.30. The summed E-state index contributed by atoms with van der Waals surface area (Å²) in [5.74, 6) is -3.55. The minimum atomic E-state index is -3.94. The summed E-state index contributed by atoms with van der Waals surface area (Å²) in [6, 6.07) is 9.19.